The highest BCUT2D eigenvalue weighted by atomic mass is 16.4. The SMILES string of the molecule is CC(C)C(NC(=O)NC1CCCC1(C)C(=O)O)C(N)=O. The molecule has 114 valence electrons. The van der Waals surface area contributed by atoms with Crippen LogP contribution in [0.1, 0.15) is 40.0 Å². The summed E-state index contributed by atoms with van der Waals surface area (Å²) in [6.45, 7) is 5.17. The lowest BCUT2D eigenvalue weighted by Crippen LogP contribution is -2.55. The molecule has 3 unspecified atom stereocenters. The molecule has 5 N–H and O–H groups in total. The Balaban J connectivity index is 2.66. The van der Waals surface area contributed by atoms with Gasteiger partial charge < -0.3 is 21.5 Å². The number of hydrogen-bond acceptors (Lipinski definition) is 3. The van der Waals surface area contributed by atoms with Crippen molar-refractivity contribution in [3.63, 3.8) is 0 Å². The molecule has 0 aromatic carbocycles. The van der Waals surface area contributed by atoms with E-state index in [1.54, 1.807) is 20.8 Å². The van der Waals surface area contributed by atoms with Crippen molar-refractivity contribution in [3.8, 4) is 0 Å². The molecule has 0 heterocycles. The maximum absolute atomic E-state index is 11.9. The number of aliphatic carboxylic acids is 1. The highest BCUT2D eigenvalue weighted by Crippen LogP contribution is 2.38. The Bertz CT molecular complexity index is 410. The van der Waals surface area contributed by atoms with Crippen LogP contribution >= 0.6 is 0 Å². The fourth-order valence-electron chi connectivity index (χ4n) is 2.56. The molecule has 0 bridgehead atoms. The molecule has 0 aromatic heterocycles. The third-order valence-electron chi connectivity index (χ3n) is 4.01. The van der Waals surface area contributed by atoms with Crippen LogP contribution in [0.2, 0.25) is 0 Å². The Morgan fingerprint density at radius 2 is 1.95 bits per heavy atom. The molecule has 1 rings (SSSR count). The van der Waals surface area contributed by atoms with Crippen molar-refractivity contribution in [2.45, 2.75) is 52.1 Å². The molecular weight excluding hydrogens is 262 g/mol. The molecule has 20 heavy (non-hydrogen) atoms. The van der Waals surface area contributed by atoms with Crippen LogP contribution in [0.5, 0.6) is 0 Å². The molecule has 0 radical (unpaired) electrons. The van der Waals surface area contributed by atoms with E-state index in [1.807, 2.05) is 0 Å². The van der Waals surface area contributed by atoms with Gasteiger partial charge in [0.1, 0.15) is 6.04 Å². The van der Waals surface area contributed by atoms with Gasteiger partial charge in [0.15, 0.2) is 0 Å². The lowest BCUT2D eigenvalue weighted by Gasteiger charge is -2.29. The normalized spacial score (nSPS) is 27.1. The lowest BCUT2D eigenvalue weighted by molar-refractivity contribution is -0.148. The molecule has 1 fully saturated rings. The fourth-order valence-corrected chi connectivity index (χ4v) is 2.56. The lowest BCUT2D eigenvalue weighted by atomic mass is 9.85. The summed E-state index contributed by atoms with van der Waals surface area (Å²) in [5, 5.41) is 14.4. The smallest absolute Gasteiger partial charge is 0.315 e. The van der Waals surface area contributed by atoms with Gasteiger partial charge in [0, 0.05) is 6.04 Å². The summed E-state index contributed by atoms with van der Waals surface area (Å²) in [7, 11) is 0. The minimum Gasteiger partial charge on any atom is -0.481 e. The molecule has 0 aromatic rings. The summed E-state index contributed by atoms with van der Waals surface area (Å²) in [5.41, 5.74) is 4.26. The zero-order chi connectivity index (χ0) is 15.5. The van der Waals surface area contributed by atoms with E-state index in [0.29, 0.717) is 12.8 Å². The van der Waals surface area contributed by atoms with Gasteiger partial charge in [0.2, 0.25) is 5.91 Å². The van der Waals surface area contributed by atoms with Crippen LogP contribution in [0.25, 0.3) is 0 Å². The number of carbonyl (C=O) groups excluding carboxylic acids is 2. The van der Waals surface area contributed by atoms with Crippen molar-refractivity contribution in [3.05, 3.63) is 0 Å². The van der Waals surface area contributed by atoms with Crippen molar-refractivity contribution in [2.75, 3.05) is 0 Å². The number of carboxylic acids is 1. The van der Waals surface area contributed by atoms with Crippen LogP contribution in [-0.2, 0) is 9.59 Å². The number of nitrogens with two attached hydrogens (primary N) is 1. The van der Waals surface area contributed by atoms with Gasteiger partial charge in [-0.2, -0.15) is 0 Å². The quantitative estimate of drug-likeness (QED) is 0.585. The fraction of sp³-hybridized carbons (Fsp3) is 0.769. The predicted molar refractivity (Wildman–Crippen MR) is 72.9 cm³/mol. The van der Waals surface area contributed by atoms with Crippen molar-refractivity contribution < 1.29 is 19.5 Å². The van der Waals surface area contributed by atoms with Gasteiger partial charge in [-0.3, -0.25) is 9.59 Å². The van der Waals surface area contributed by atoms with E-state index < -0.39 is 35.4 Å². The van der Waals surface area contributed by atoms with Crippen molar-refractivity contribution >= 4 is 17.9 Å². The van der Waals surface area contributed by atoms with Gasteiger partial charge in [0.25, 0.3) is 0 Å². The summed E-state index contributed by atoms with van der Waals surface area (Å²) in [4.78, 5) is 34.4. The molecular formula is C13H23N3O4. The average molecular weight is 285 g/mol. The number of carbonyl (C=O) groups is 3. The summed E-state index contributed by atoms with van der Waals surface area (Å²) in [5.74, 6) is -1.66. The molecule has 0 aliphatic heterocycles. The van der Waals surface area contributed by atoms with E-state index in [0.717, 1.165) is 6.42 Å². The van der Waals surface area contributed by atoms with Crippen molar-refractivity contribution in [2.24, 2.45) is 17.1 Å². The van der Waals surface area contributed by atoms with Crippen LogP contribution in [0.3, 0.4) is 0 Å². The Kier molecular flexibility index (Phi) is 4.97. The first-order chi connectivity index (χ1) is 9.18. The summed E-state index contributed by atoms with van der Waals surface area (Å²) in [6.07, 6.45) is 1.88. The molecule has 3 atom stereocenters. The van der Waals surface area contributed by atoms with E-state index in [9.17, 15) is 19.5 Å². The second kappa shape index (κ2) is 6.11. The van der Waals surface area contributed by atoms with Gasteiger partial charge >= 0.3 is 12.0 Å². The first kappa shape index (κ1) is 16.3. The number of carboxylic acid groups (broad SMARTS) is 1. The predicted octanol–water partition coefficient (Wildman–Crippen LogP) is 0.439. The van der Waals surface area contributed by atoms with E-state index in [2.05, 4.69) is 10.6 Å². The Labute approximate surface area is 118 Å². The number of amides is 3. The van der Waals surface area contributed by atoms with Crippen molar-refractivity contribution in [1.29, 1.82) is 0 Å². The molecule has 0 saturated heterocycles. The van der Waals surface area contributed by atoms with Crippen LogP contribution in [-0.4, -0.2) is 35.1 Å². The van der Waals surface area contributed by atoms with Crippen LogP contribution in [0.15, 0.2) is 0 Å². The van der Waals surface area contributed by atoms with Gasteiger partial charge in [-0.15, -0.1) is 0 Å². The highest BCUT2D eigenvalue weighted by Gasteiger charge is 2.46. The molecule has 7 heteroatoms. The Morgan fingerprint density at radius 3 is 2.40 bits per heavy atom. The molecule has 7 nitrogen and oxygen atoms in total. The average Bonchev–Trinajstić information content (AvgIpc) is 2.68. The first-order valence-electron chi connectivity index (χ1n) is 6.78. The highest BCUT2D eigenvalue weighted by molar-refractivity contribution is 5.86. The summed E-state index contributed by atoms with van der Waals surface area (Å²) in [6, 6.07) is -1.77. The van der Waals surface area contributed by atoms with Crippen molar-refractivity contribution in [1.82, 2.24) is 10.6 Å². The van der Waals surface area contributed by atoms with E-state index in [4.69, 9.17) is 5.73 Å². The van der Waals surface area contributed by atoms with Gasteiger partial charge in [-0.05, 0) is 25.7 Å². The molecule has 3 amide bonds. The number of rotatable bonds is 5. The topological polar surface area (TPSA) is 122 Å². The zero-order valence-corrected chi connectivity index (χ0v) is 12.1. The maximum atomic E-state index is 11.9. The largest absolute Gasteiger partial charge is 0.481 e. The minimum atomic E-state index is -0.961. The number of hydrogen-bond donors (Lipinski definition) is 4. The standard InChI is InChI=1S/C13H23N3O4/c1-7(2)9(10(14)17)16-12(20)15-8-5-4-6-13(8,3)11(18)19/h7-9H,4-6H2,1-3H3,(H2,14,17)(H,18,19)(H2,15,16,20). The van der Waals surface area contributed by atoms with Crippen LogP contribution in [0, 0.1) is 11.3 Å². The Hall–Kier alpha value is -1.79. The van der Waals surface area contributed by atoms with E-state index >= 15 is 0 Å². The third-order valence-corrected chi connectivity index (χ3v) is 4.01. The molecule has 1 saturated carbocycles. The van der Waals surface area contributed by atoms with Crippen LogP contribution in [0.4, 0.5) is 4.79 Å². The first-order valence-corrected chi connectivity index (χ1v) is 6.78. The molecule has 1 aliphatic rings. The second-order valence-electron chi connectivity index (χ2n) is 5.91. The number of nitrogens with one attached hydrogen (secondary N) is 2. The summed E-state index contributed by atoms with van der Waals surface area (Å²) < 4.78 is 0. The molecule has 1 aliphatic carbocycles. The number of urea groups is 1. The van der Waals surface area contributed by atoms with E-state index in [-0.39, 0.29) is 5.92 Å². The van der Waals surface area contributed by atoms with Crippen LogP contribution < -0.4 is 16.4 Å². The van der Waals surface area contributed by atoms with E-state index in [1.165, 1.54) is 0 Å². The van der Waals surface area contributed by atoms with Gasteiger partial charge in [-0.25, -0.2) is 4.79 Å². The summed E-state index contributed by atoms with van der Waals surface area (Å²) >= 11 is 0. The number of primary amides is 1. The molecule has 0 spiro atoms. The second-order valence-corrected chi connectivity index (χ2v) is 5.91. The third kappa shape index (κ3) is 3.40. The minimum absolute atomic E-state index is 0.132. The maximum Gasteiger partial charge on any atom is 0.315 e. The van der Waals surface area contributed by atoms with Gasteiger partial charge in [0.05, 0.1) is 5.41 Å². The van der Waals surface area contributed by atoms with Gasteiger partial charge in [-0.1, -0.05) is 20.3 Å². The Morgan fingerprint density at radius 1 is 1.35 bits per heavy atom. The monoisotopic (exact) mass is 285 g/mol. The zero-order valence-electron chi connectivity index (χ0n) is 12.1.